The summed E-state index contributed by atoms with van der Waals surface area (Å²) in [6.07, 6.45) is 6.01. The Morgan fingerprint density at radius 3 is 2.42 bits per heavy atom. The second-order valence-corrected chi connectivity index (χ2v) is 6.90. The number of hydrogen-bond donors (Lipinski definition) is 1. The quantitative estimate of drug-likeness (QED) is 0.604. The van der Waals surface area contributed by atoms with Gasteiger partial charge in [-0.1, -0.05) is 19.3 Å². The first-order valence-corrected chi connectivity index (χ1v) is 8.36. The smallest absolute Gasteiger partial charge is 0.251 e. The van der Waals surface area contributed by atoms with E-state index in [1.54, 1.807) is 0 Å². The van der Waals surface area contributed by atoms with Crippen LogP contribution >= 0.6 is 34.2 Å². The molecule has 1 aliphatic carbocycles. The van der Waals surface area contributed by atoms with Crippen molar-refractivity contribution in [1.29, 1.82) is 0 Å². The predicted molar refractivity (Wildman–Crippen MR) is 87.7 cm³/mol. The predicted octanol–water partition coefficient (Wildman–Crippen LogP) is 4.21. The van der Waals surface area contributed by atoms with Gasteiger partial charge < -0.3 is 5.32 Å². The molecule has 1 saturated carbocycles. The Morgan fingerprint density at radius 1 is 1.21 bits per heavy atom. The first-order chi connectivity index (χ1) is 9.15. The number of amides is 1. The van der Waals surface area contributed by atoms with Crippen molar-refractivity contribution < 1.29 is 4.79 Å². The van der Waals surface area contributed by atoms with Crippen LogP contribution in [0, 0.1) is 8.99 Å². The number of carbonyl (C=O) groups is 1. The van der Waals surface area contributed by atoms with Crippen molar-refractivity contribution in [2.75, 3.05) is 12.4 Å². The van der Waals surface area contributed by atoms with Gasteiger partial charge in [-0.05, 0) is 59.7 Å². The third-order valence-electron chi connectivity index (χ3n) is 3.93. The van der Waals surface area contributed by atoms with Gasteiger partial charge in [0.05, 0.1) is 0 Å². The summed E-state index contributed by atoms with van der Waals surface area (Å²) in [7, 11) is 0. The van der Waals surface area contributed by atoms with Crippen LogP contribution in [-0.2, 0) is 0 Å². The minimum Gasteiger partial charge on any atom is -0.351 e. The Morgan fingerprint density at radius 2 is 1.84 bits per heavy atom. The highest BCUT2D eigenvalue weighted by Crippen LogP contribution is 2.36. The Hall–Kier alpha value is -0.290. The van der Waals surface area contributed by atoms with Crippen LogP contribution in [0.4, 0.5) is 0 Å². The number of benzene rings is 1. The molecule has 19 heavy (non-hydrogen) atoms. The monoisotopic (exact) mass is 391 g/mol. The lowest BCUT2D eigenvalue weighted by Gasteiger charge is -2.35. The van der Waals surface area contributed by atoms with Crippen molar-refractivity contribution in [3.63, 3.8) is 0 Å². The molecular weight excluding hydrogens is 373 g/mol. The molecule has 0 aliphatic heterocycles. The Balaban J connectivity index is 1.93. The van der Waals surface area contributed by atoms with Gasteiger partial charge in [0.25, 0.3) is 5.91 Å². The van der Waals surface area contributed by atoms with Crippen molar-refractivity contribution in [3.05, 3.63) is 33.4 Å². The Kier molecular flexibility index (Phi) is 5.51. The molecule has 1 amide bonds. The Bertz CT molecular complexity index is 426. The van der Waals surface area contributed by atoms with Crippen molar-refractivity contribution >= 4 is 40.1 Å². The van der Waals surface area contributed by atoms with E-state index in [2.05, 4.69) is 27.9 Å². The molecule has 1 aliphatic rings. The van der Waals surface area contributed by atoms with Crippen LogP contribution in [0.25, 0.3) is 0 Å². The molecule has 0 heterocycles. The maximum Gasteiger partial charge on any atom is 0.251 e. The van der Waals surface area contributed by atoms with Crippen LogP contribution in [0.1, 0.15) is 42.5 Å². The molecule has 4 heteroatoms. The molecule has 0 aromatic heterocycles. The first kappa shape index (κ1) is 15.1. The topological polar surface area (TPSA) is 29.1 Å². The second kappa shape index (κ2) is 6.93. The number of rotatable bonds is 4. The fourth-order valence-corrected chi connectivity index (χ4v) is 3.35. The summed E-state index contributed by atoms with van der Waals surface area (Å²) >= 11 is 8.37. The summed E-state index contributed by atoms with van der Waals surface area (Å²) in [6, 6.07) is 7.64. The molecule has 0 bridgehead atoms. The van der Waals surface area contributed by atoms with Gasteiger partial charge >= 0.3 is 0 Å². The molecule has 0 saturated heterocycles. The molecule has 2 rings (SSSR count). The zero-order valence-electron chi connectivity index (χ0n) is 10.9. The highest BCUT2D eigenvalue weighted by Gasteiger charge is 2.31. The van der Waals surface area contributed by atoms with Crippen molar-refractivity contribution in [1.82, 2.24) is 5.32 Å². The van der Waals surface area contributed by atoms with E-state index in [0.29, 0.717) is 12.4 Å². The van der Waals surface area contributed by atoms with E-state index in [4.69, 9.17) is 11.6 Å². The zero-order valence-corrected chi connectivity index (χ0v) is 13.8. The lowest BCUT2D eigenvalue weighted by atomic mass is 9.75. The zero-order chi connectivity index (χ0) is 13.7. The van der Waals surface area contributed by atoms with E-state index in [1.807, 2.05) is 24.3 Å². The summed E-state index contributed by atoms with van der Waals surface area (Å²) in [5.74, 6) is 0.645. The summed E-state index contributed by atoms with van der Waals surface area (Å²) in [5.41, 5.74) is 0.833. The lowest BCUT2D eigenvalue weighted by molar-refractivity contribution is 0.0921. The number of alkyl halides is 1. The minimum atomic E-state index is 0.00599. The van der Waals surface area contributed by atoms with Gasteiger partial charge in [-0.3, -0.25) is 4.79 Å². The molecule has 1 aromatic rings. The second-order valence-electron chi connectivity index (χ2n) is 5.38. The number of carbonyl (C=O) groups excluding carboxylic acids is 1. The maximum absolute atomic E-state index is 12.1. The number of hydrogen-bond acceptors (Lipinski definition) is 1. The summed E-state index contributed by atoms with van der Waals surface area (Å²) < 4.78 is 1.14. The van der Waals surface area contributed by atoms with Crippen LogP contribution in [0.5, 0.6) is 0 Å². The summed E-state index contributed by atoms with van der Waals surface area (Å²) in [4.78, 5) is 12.1. The van der Waals surface area contributed by atoms with E-state index < -0.39 is 0 Å². The van der Waals surface area contributed by atoms with Crippen LogP contribution in [-0.4, -0.2) is 18.3 Å². The lowest BCUT2D eigenvalue weighted by Crippen LogP contribution is -2.40. The van der Waals surface area contributed by atoms with Crippen LogP contribution < -0.4 is 5.32 Å². The largest absolute Gasteiger partial charge is 0.351 e. The van der Waals surface area contributed by atoms with E-state index in [0.717, 1.165) is 22.0 Å². The Labute approximate surface area is 133 Å². The average molecular weight is 392 g/mol. The third kappa shape index (κ3) is 4.09. The van der Waals surface area contributed by atoms with Gasteiger partial charge in [-0.2, -0.15) is 0 Å². The van der Waals surface area contributed by atoms with Gasteiger partial charge in [0.15, 0.2) is 0 Å². The molecule has 104 valence electrons. The molecule has 0 spiro atoms. The average Bonchev–Trinajstić information content (AvgIpc) is 2.46. The molecule has 1 fully saturated rings. The van der Waals surface area contributed by atoms with E-state index in [-0.39, 0.29) is 11.3 Å². The molecule has 0 radical (unpaired) electrons. The van der Waals surface area contributed by atoms with E-state index in [1.165, 1.54) is 19.3 Å². The number of nitrogens with one attached hydrogen (secondary N) is 1. The van der Waals surface area contributed by atoms with Crippen molar-refractivity contribution in [2.24, 2.45) is 5.41 Å². The van der Waals surface area contributed by atoms with E-state index >= 15 is 0 Å². The first-order valence-electron chi connectivity index (χ1n) is 6.75. The van der Waals surface area contributed by atoms with Gasteiger partial charge in [0.2, 0.25) is 0 Å². The van der Waals surface area contributed by atoms with Crippen LogP contribution in [0.15, 0.2) is 24.3 Å². The normalized spacial score (nSPS) is 18.0. The van der Waals surface area contributed by atoms with Crippen LogP contribution in [0.3, 0.4) is 0 Å². The minimum absolute atomic E-state index is 0.00599. The highest BCUT2D eigenvalue weighted by molar-refractivity contribution is 14.1. The summed E-state index contributed by atoms with van der Waals surface area (Å²) in [5, 5.41) is 3.05. The van der Waals surface area contributed by atoms with Gasteiger partial charge in [0, 0.05) is 27.0 Å². The fourth-order valence-electron chi connectivity index (χ4n) is 2.63. The molecule has 2 nitrogen and oxygen atoms in total. The number of halogens is 2. The molecular formula is C15H19ClINO. The SMILES string of the molecule is O=C(NCC1(CCl)CCCCC1)c1ccc(I)cc1. The van der Waals surface area contributed by atoms with E-state index in [9.17, 15) is 4.79 Å². The molecule has 1 aromatic carbocycles. The maximum atomic E-state index is 12.1. The molecule has 1 N–H and O–H groups in total. The van der Waals surface area contributed by atoms with Gasteiger partial charge in [-0.15, -0.1) is 11.6 Å². The van der Waals surface area contributed by atoms with Crippen molar-refractivity contribution in [2.45, 2.75) is 32.1 Å². The molecule has 0 atom stereocenters. The third-order valence-corrected chi connectivity index (χ3v) is 5.21. The molecule has 0 unspecified atom stereocenters. The standard InChI is InChI=1S/C15H19ClINO/c16-10-15(8-2-1-3-9-15)11-18-14(19)12-4-6-13(17)7-5-12/h4-7H,1-3,8-11H2,(H,18,19). The van der Waals surface area contributed by atoms with Crippen LogP contribution in [0.2, 0.25) is 0 Å². The summed E-state index contributed by atoms with van der Waals surface area (Å²) in [6.45, 7) is 0.696. The van der Waals surface area contributed by atoms with Gasteiger partial charge in [0.1, 0.15) is 0 Å². The van der Waals surface area contributed by atoms with Gasteiger partial charge in [-0.25, -0.2) is 0 Å². The highest BCUT2D eigenvalue weighted by atomic mass is 127. The fraction of sp³-hybridized carbons (Fsp3) is 0.533. The van der Waals surface area contributed by atoms with Crippen molar-refractivity contribution in [3.8, 4) is 0 Å².